The first kappa shape index (κ1) is 17.2. The Labute approximate surface area is 83.8 Å². The molecule has 1 atom stereocenters. The van der Waals surface area contributed by atoms with E-state index in [1.807, 2.05) is 13.8 Å². The van der Waals surface area contributed by atoms with Gasteiger partial charge in [0, 0.05) is 6.16 Å². The summed E-state index contributed by atoms with van der Waals surface area (Å²) in [5.74, 6) is 0. The molecule has 9 heteroatoms. The highest BCUT2D eigenvalue weighted by molar-refractivity contribution is 7.52. The highest BCUT2D eigenvalue weighted by atomic mass is 31.2. The van der Waals surface area contributed by atoms with Crippen LogP contribution in [-0.4, -0.2) is 23.3 Å². The maximum absolute atomic E-state index is 11.9. The zero-order valence-electron chi connectivity index (χ0n) is 8.31. The van der Waals surface area contributed by atoms with Gasteiger partial charge in [-0.3, -0.25) is 4.57 Å². The average Bonchev–Trinajstić information content (AvgIpc) is 2.04. The van der Waals surface area contributed by atoms with Gasteiger partial charge in [0.1, 0.15) is 0 Å². The zero-order valence-corrected chi connectivity index (χ0v) is 9.20. The third kappa shape index (κ3) is 6.06. The molecule has 15 heavy (non-hydrogen) atoms. The molecule has 0 aromatic heterocycles. The molecule has 94 valence electrons. The van der Waals surface area contributed by atoms with E-state index in [0.717, 1.165) is 6.92 Å². The molecule has 0 saturated heterocycles. The first-order valence-corrected chi connectivity index (χ1v) is 5.75. The Balaban J connectivity index is 0. The first-order valence-electron chi connectivity index (χ1n) is 3.99. The van der Waals surface area contributed by atoms with Crippen LogP contribution in [0.15, 0.2) is 0 Å². The van der Waals surface area contributed by atoms with Crippen LogP contribution in [0.25, 0.3) is 0 Å². The Morgan fingerprint density at radius 2 is 1.53 bits per heavy atom. The van der Waals surface area contributed by atoms with Gasteiger partial charge in [-0.25, -0.2) is 4.52 Å². The summed E-state index contributed by atoms with van der Waals surface area (Å²) in [5, 5.41) is 0. The molecule has 0 aromatic rings. The lowest BCUT2D eigenvalue weighted by Crippen LogP contribution is -2.38. The van der Waals surface area contributed by atoms with Crippen molar-refractivity contribution >= 4 is 7.60 Å². The normalized spacial score (nSPS) is 16.3. The summed E-state index contributed by atoms with van der Waals surface area (Å²) >= 11 is 0. The summed E-state index contributed by atoms with van der Waals surface area (Å²) in [6, 6.07) is 0. The van der Waals surface area contributed by atoms with Crippen LogP contribution in [-0.2, 0) is 9.09 Å². The minimum Gasteiger partial charge on any atom is -0.324 e. The van der Waals surface area contributed by atoms with E-state index in [0.29, 0.717) is 0 Å². The number of rotatable bonds is 3. The monoisotopic (exact) mass is 258 g/mol. The van der Waals surface area contributed by atoms with Crippen LogP contribution in [0.5, 0.6) is 0 Å². The number of alkyl halides is 5. The molecule has 0 spiro atoms. The Kier molecular flexibility index (Phi) is 6.61. The van der Waals surface area contributed by atoms with E-state index in [1.54, 1.807) is 0 Å². The van der Waals surface area contributed by atoms with Crippen LogP contribution in [0.1, 0.15) is 20.8 Å². The Bertz CT molecular complexity index is 227. The van der Waals surface area contributed by atoms with Crippen molar-refractivity contribution in [3.8, 4) is 0 Å². The minimum absolute atomic E-state index is 0.821. The molecule has 0 fully saturated rings. The fraction of sp³-hybridized carbons (Fsp3) is 1.00. The van der Waals surface area contributed by atoms with Crippen molar-refractivity contribution in [2.24, 2.45) is 0 Å². The molecule has 0 radical (unpaired) electrons. The largest absolute Gasteiger partial charge is 0.483 e. The molecule has 3 nitrogen and oxygen atoms in total. The summed E-state index contributed by atoms with van der Waals surface area (Å²) in [6.45, 7) is 4.95. The Morgan fingerprint density at radius 1 is 1.20 bits per heavy atom. The van der Waals surface area contributed by atoms with Gasteiger partial charge in [-0.2, -0.15) is 22.0 Å². The van der Waals surface area contributed by atoms with Gasteiger partial charge in [0.15, 0.2) is 0 Å². The fourth-order valence-corrected chi connectivity index (χ4v) is 0.886. The highest BCUT2D eigenvalue weighted by Gasteiger charge is 2.62. The van der Waals surface area contributed by atoms with Crippen molar-refractivity contribution in [3.63, 3.8) is 0 Å². The standard InChI is InChI=1S/C4H6F5O3P.C2H6/c1-2-13(10,11)12-4(8,9)3(5,6)7;1-2/h2H2,1H3,(H,10,11);1-2H3. The van der Waals surface area contributed by atoms with Gasteiger partial charge in [0.25, 0.3) is 0 Å². The second kappa shape index (κ2) is 5.77. The van der Waals surface area contributed by atoms with Crippen molar-refractivity contribution in [1.29, 1.82) is 0 Å². The van der Waals surface area contributed by atoms with Crippen molar-refractivity contribution < 1.29 is 35.9 Å². The topological polar surface area (TPSA) is 46.5 Å². The molecule has 0 heterocycles. The number of hydrogen-bond donors (Lipinski definition) is 1. The molecule has 1 unspecified atom stereocenters. The first-order chi connectivity index (χ1) is 6.52. The maximum Gasteiger partial charge on any atom is 0.483 e. The third-order valence-electron chi connectivity index (χ3n) is 0.987. The van der Waals surface area contributed by atoms with Crippen molar-refractivity contribution in [1.82, 2.24) is 0 Å². The molecule has 0 aliphatic carbocycles. The SMILES string of the molecule is CC.CCP(=O)(O)OC(F)(F)C(F)(F)F. The molecule has 0 bridgehead atoms. The third-order valence-corrected chi connectivity index (χ3v) is 2.30. The van der Waals surface area contributed by atoms with Crippen LogP contribution in [0.3, 0.4) is 0 Å². The van der Waals surface area contributed by atoms with Gasteiger partial charge in [-0.1, -0.05) is 20.8 Å². The molecular formula is C6H12F5O3P. The van der Waals surface area contributed by atoms with Gasteiger partial charge in [0.05, 0.1) is 0 Å². The van der Waals surface area contributed by atoms with Gasteiger partial charge in [0.2, 0.25) is 0 Å². The predicted molar refractivity (Wildman–Crippen MR) is 43.8 cm³/mol. The van der Waals surface area contributed by atoms with Gasteiger partial charge >= 0.3 is 19.9 Å². The lowest BCUT2D eigenvalue weighted by Gasteiger charge is -2.21. The lowest BCUT2D eigenvalue weighted by atomic mass is 10.6. The summed E-state index contributed by atoms with van der Waals surface area (Å²) in [7, 11) is -4.86. The summed E-state index contributed by atoms with van der Waals surface area (Å²) in [5.41, 5.74) is 0. The molecule has 0 aliphatic heterocycles. The quantitative estimate of drug-likeness (QED) is 0.623. The van der Waals surface area contributed by atoms with Crippen LogP contribution < -0.4 is 0 Å². The Hall–Kier alpha value is -0.200. The van der Waals surface area contributed by atoms with Gasteiger partial charge in [-0.15, -0.1) is 0 Å². The number of halogens is 5. The average molecular weight is 258 g/mol. The van der Waals surface area contributed by atoms with Crippen LogP contribution >= 0.6 is 7.60 Å². The molecular weight excluding hydrogens is 246 g/mol. The van der Waals surface area contributed by atoms with E-state index in [1.165, 1.54) is 0 Å². The summed E-state index contributed by atoms with van der Waals surface area (Å²) in [6.07, 6.45) is -12.4. The smallest absolute Gasteiger partial charge is 0.324 e. The van der Waals surface area contributed by atoms with Crippen molar-refractivity contribution in [3.05, 3.63) is 0 Å². The van der Waals surface area contributed by atoms with E-state index in [9.17, 15) is 26.5 Å². The number of hydrogen-bond acceptors (Lipinski definition) is 2. The van der Waals surface area contributed by atoms with Crippen LogP contribution in [0, 0.1) is 0 Å². The van der Waals surface area contributed by atoms with Crippen LogP contribution in [0.4, 0.5) is 22.0 Å². The molecule has 0 rings (SSSR count). The van der Waals surface area contributed by atoms with Crippen LogP contribution in [0.2, 0.25) is 0 Å². The highest BCUT2D eigenvalue weighted by Crippen LogP contribution is 2.51. The lowest BCUT2D eigenvalue weighted by molar-refractivity contribution is -0.362. The second-order valence-electron chi connectivity index (χ2n) is 2.06. The van der Waals surface area contributed by atoms with E-state index in [-0.39, 0.29) is 0 Å². The fourth-order valence-electron chi connectivity index (χ4n) is 0.295. The Morgan fingerprint density at radius 3 is 1.73 bits per heavy atom. The second-order valence-corrected chi connectivity index (χ2v) is 4.15. The molecule has 0 saturated carbocycles. The molecule has 0 aromatic carbocycles. The van der Waals surface area contributed by atoms with E-state index >= 15 is 0 Å². The zero-order chi connectivity index (χ0) is 12.9. The van der Waals surface area contributed by atoms with Gasteiger partial charge < -0.3 is 4.89 Å². The van der Waals surface area contributed by atoms with E-state index in [4.69, 9.17) is 4.89 Å². The van der Waals surface area contributed by atoms with Crippen molar-refractivity contribution in [2.75, 3.05) is 6.16 Å². The maximum atomic E-state index is 11.9. The van der Waals surface area contributed by atoms with E-state index < -0.39 is 26.0 Å². The molecule has 0 amide bonds. The van der Waals surface area contributed by atoms with E-state index in [2.05, 4.69) is 4.52 Å². The minimum atomic E-state index is -5.99. The predicted octanol–water partition coefficient (Wildman–Crippen LogP) is 3.39. The van der Waals surface area contributed by atoms with Crippen molar-refractivity contribution in [2.45, 2.75) is 33.1 Å². The molecule has 0 aliphatic rings. The molecule has 1 N–H and O–H groups in total. The summed E-state index contributed by atoms with van der Waals surface area (Å²) < 4.78 is 71.2. The summed E-state index contributed by atoms with van der Waals surface area (Å²) in [4.78, 5) is 8.38. The van der Waals surface area contributed by atoms with Gasteiger partial charge in [-0.05, 0) is 0 Å².